The Hall–Kier alpha value is -3.29. The van der Waals surface area contributed by atoms with Gasteiger partial charge in [-0.25, -0.2) is 9.50 Å². The molecule has 0 amide bonds. The summed E-state index contributed by atoms with van der Waals surface area (Å²) in [6, 6.07) is 36.7. The van der Waals surface area contributed by atoms with Gasteiger partial charge in [-0.15, -0.1) is 5.10 Å². The maximum Gasteiger partial charge on any atom is 0.190 e. The fourth-order valence-corrected chi connectivity index (χ4v) is 8.18. The van der Waals surface area contributed by atoms with Crippen molar-refractivity contribution in [2.75, 3.05) is 0 Å². The third-order valence-electron chi connectivity index (χ3n) is 5.57. The van der Waals surface area contributed by atoms with Gasteiger partial charge in [-0.3, -0.25) is 0 Å². The molecule has 0 bridgehead atoms. The van der Waals surface area contributed by atoms with Crippen molar-refractivity contribution in [3.8, 4) is 0 Å². The average molecular weight is 408 g/mol. The number of hydrogen-bond donors (Lipinski definition) is 0. The van der Waals surface area contributed by atoms with Crippen LogP contribution in [0.3, 0.4) is 0 Å². The Labute approximate surface area is 177 Å². The maximum atomic E-state index is 4.95. The minimum absolute atomic E-state index is 0.784. The predicted octanol–water partition coefficient (Wildman–Crippen LogP) is 4.53. The second kappa shape index (κ2) is 7.85. The number of pyridine rings is 1. The third-order valence-corrected chi connectivity index (χ3v) is 9.87. The Kier molecular flexibility index (Phi) is 4.90. The Balaban J connectivity index is 1.77. The van der Waals surface area contributed by atoms with Crippen molar-refractivity contribution in [1.29, 1.82) is 0 Å². The molecule has 3 aromatic carbocycles. The number of rotatable bonds is 5. The molecule has 0 unspecified atom stereocenters. The first-order valence-electron chi connectivity index (χ1n) is 10.1. The Morgan fingerprint density at radius 3 is 1.63 bits per heavy atom. The van der Waals surface area contributed by atoms with Gasteiger partial charge in [0.25, 0.3) is 0 Å². The lowest BCUT2D eigenvalue weighted by Gasteiger charge is -2.26. The highest BCUT2D eigenvalue weighted by Crippen LogP contribution is 2.57. The molecule has 0 saturated carbocycles. The molecule has 0 saturated heterocycles. The van der Waals surface area contributed by atoms with Crippen LogP contribution in [0.25, 0.3) is 5.65 Å². The lowest BCUT2D eigenvalue weighted by Crippen LogP contribution is -2.32. The number of benzene rings is 3. The highest BCUT2D eigenvalue weighted by atomic mass is 31.2. The zero-order valence-corrected chi connectivity index (χ0v) is 17.8. The molecule has 0 aliphatic heterocycles. The lowest BCUT2D eigenvalue weighted by molar-refractivity contribution is 0.920. The minimum Gasteiger partial charge on any atom is -0.220 e. The van der Waals surface area contributed by atoms with Crippen molar-refractivity contribution >= 4 is 28.8 Å². The molecule has 0 spiro atoms. The summed E-state index contributed by atoms with van der Waals surface area (Å²) in [6.07, 6.45) is 2.76. The van der Waals surface area contributed by atoms with Gasteiger partial charge in [0.05, 0.1) is 0 Å². The molecule has 5 aromatic rings. The number of nitrogens with zero attached hydrogens (tertiary/aromatic N) is 3. The van der Waals surface area contributed by atoms with E-state index in [1.807, 2.05) is 16.8 Å². The van der Waals surface area contributed by atoms with Gasteiger partial charge in [0.1, 0.15) is 29.3 Å². The van der Waals surface area contributed by atoms with Crippen molar-refractivity contribution in [3.63, 3.8) is 0 Å². The summed E-state index contributed by atoms with van der Waals surface area (Å²) in [4.78, 5) is 4.95. The van der Waals surface area contributed by atoms with Gasteiger partial charge in [-0.05, 0) is 55.0 Å². The van der Waals surface area contributed by atoms with Crippen molar-refractivity contribution in [3.05, 3.63) is 121 Å². The smallest absolute Gasteiger partial charge is 0.190 e. The normalized spacial score (nSPS) is 11.6. The quantitative estimate of drug-likeness (QED) is 0.400. The summed E-state index contributed by atoms with van der Waals surface area (Å²) in [5.41, 5.74) is 2.07. The Morgan fingerprint density at radius 1 is 0.667 bits per heavy atom. The molecule has 0 aliphatic rings. The van der Waals surface area contributed by atoms with Crippen LogP contribution in [0, 0.1) is 6.92 Å². The van der Waals surface area contributed by atoms with Gasteiger partial charge in [0, 0.05) is 6.20 Å². The molecule has 0 radical (unpaired) electrons. The van der Waals surface area contributed by atoms with Crippen LogP contribution in [0.15, 0.2) is 109 Å². The molecule has 0 atom stereocenters. The molecule has 0 N–H and O–H groups in total. The molecule has 30 heavy (non-hydrogen) atoms. The predicted molar refractivity (Wildman–Crippen MR) is 127 cm³/mol. The van der Waals surface area contributed by atoms with E-state index in [1.165, 1.54) is 15.9 Å². The molecule has 146 valence electrons. The lowest BCUT2D eigenvalue weighted by atomic mass is 10.3. The molecule has 2 aromatic heterocycles. The second-order valence-corrected chi connectivity index (χ2v) is 10.9. The van der Waals surface area contributed by atoms with E-state index in [9.17, 15) is 0 Å². The van der Waals surface area contributed by atoms with Gasteiger partial charge in [0.2, 0.25) is 0 Å². The standard InChI is InChI=1S/C26H23N3P/c1-21-12-11-19-29-26(21)27-25(28-29)20-30(22-13-5-2-6-14-22,23-15-7-3-8-16-23)24-17-9-4-10-18-24/h2-19H,20H2,1H3/q+1. The number of aromatic nitrogens is 3. The van der Waals surface area contributed by atoms with Crippen LogP contribution in [-0.2, 0) is 6.16 Å². The van der Waals surface area contributed by atoms with Crippen molar-refractivity contribution in [2.24, 2.45) is 0 Å². The molecular weight excluding hydrogens is 385 g/mol. The van der Waals surface area contributed by atoms with Crippen molar-refractivity contribution in [2.45, 2.75) is 13.1 Å². The zero-order chi connectivity index (χ0) is 20.4. The van der Waals surface area contributed by atoms with E-state index >= 15 is 0 Å². The highest BCUT2D eigenvalue weighted by molar-refractivity contribution is 7.95. The van der Waals surface area contributed by atoms with E-state index in [0.29, 0.717) is 0 Å². The molecule has 5 rings (SSSR count). The summed E-state index contributed by atoms with van der Waals surface area (Å²) < 4.78 is 1.90. The first-order valence-corrected chi connectivity index (χ1v) is 12.1. The summed E-state index contributed by atoms with van der Waals surface area (Å²) in [6.45, 7) is 2.09. The van der Waals surface area contributed by atoms with Crippen LogP contribution < -0.4 is 15.9 Å². The van der Waals surface area contributed by atoms with Crippen molar-refractivity contribution in [1.82, 2.24) is 14.6 Å². The number of aryl methyl sites for hydroxylation is 1. The molecule has 0 aliphatic carbocycles. The van der Waals surface area contributed by atoms with Crippen LogP contribution in [0.4, 0.5) is 0 Å². The first-order chi connectivity index (χ1) is 14.8. The van der Waals surface area contributed by atoms with Gasteiger partial charge in [0.15, 0.2) is 11.5 Å². The van der Waals surface area contributed by atoms with Crippen LogP contribution in [-0.4, -0.2) is 14.6 Å². The third kappa shape index (κ3) is 3.22. The molecule has 0 fully saturated rings. The highest BCUT2D eigenvalue weighted by Gasteiger charge is 2.46. The van der Waals surface area contributed by atoms with Crippen molar-refractivity contribution < 1.29 is 0 Å². The summed E-state index contributed by atoms with van der Waals surface area (Å²) in [5, 5.41) is 8.90. The van der Waals surface area contributed by atoms with Crippen LogP contribution >= 0.6 is 7.26 Å². The van der Waals surface area contributed by atoms with Crippen LogP contribution in [0.5, 0.6) is 0 Å². The second-order valence-electron chi connectivity index (χ2n) is 7.46. The van der Waals surface area contributed by atoms with E-state index < -0.39 is 7.26 Å². The molecular formula is C26H23N3P+. The van der Waals surface area contributed by atoms with E-state index in [4.69, 9.17) is 10.1 Å². The summed E-state index contributed by atoms with van der Waals surface area (Å²) >= 11 is 0. The summed E-state index contributed by atoms with van der Waals surface area (Å²) in [7, 11) is -1.98. The average Bonchev–Trinajstić information content (AvgIpc) is 3.23. The van der Waals surface area contributed by atoms with Gasteiger partial charge >= 0.3 is 0 Å². The van der Waals surface area contributed by atoms with E-state index in [-0.39, 0.29) is 0 Å². The van der Waals surface area contributed by atoms with Crippen LogP contribution in [0.2, 0.25) is 0 Å². The zero-order valence-electron chi connectivity index (χ0n) is 16.9. The Morgan fingerprint density at radius 2 is 1.17 bits per heavy atom. The fourth-order valence-electron chi connectivity index (χ4n) is 4.13. The minimum atomic E-state index is -1.98. The summed E-state index contributed by atoms with van der Waals surface area (Å²) in [5.74, 6) is 0.884. The number of fused-ring (bicyclic) bond motifs is 1. The topological polar surface area (TPSA) is 30.2 Å². The maximum absolute atomic E-state index is 4.95. The van der Waals surface area contributed by atoms with E-state index in [2.05, 4.69) is 104 Å². The van der Waals surface area contributed by atoms with Crippen LogP contribution in [0.1, 0.15) is 11.4 Å². The first kappa shape index (κ1) is 18.7. The fraction of sp³-hybridized carbons (Fsp3) is 0.0769. The number of hydrogen-bond acceptors (Lipinski definition) is 2. The van der Waals surface area contributed by atoms with Gasteiger partial charge in [-0.2, -0.15) is 0 Å². The van der Waals surface area contributed by atoms with Gasteiger partial charge < -0.3 is 0 Å². The molecule has 4 heteroatoms. The van der Waals surface area contributed by atoms with Gasteiger partial charge in [-0.1, -0.05) is 60.7 Å². The van der Waals surface area contributed by atoms with E-state index in [0.717, 1.165) is 23.2 Å². The molecule has 3 nitrogen and oxygen atoms in total. The Bertz CT molecular complexity index is 1170. The SMILES string of the molecule is Cc1cccn2nc(C[P+](c3ccccc3)(c3ccccc3)c3ccccc3)nc12. The van der Waals surface area contributed by atoms with E-state index in [1.54, 1.807) is 0 Å². The molecule has 2 heterocycles. The monoisotopic (exact) mass is 408 g/mol. The largest absolute Gasteiger partial charge is 0.220 e.